The zero-order valence-electron chi connectivity index (χ0n) is 2.83. The summed E-state index contributed by atoms with van der Waals surface area (Å²) in [4.78, 5) is 0. The van der Waals surface area contributed by atoms with Crippen molar-refractivity contribution in [2.24, 2.45) is 0 Å². The molecule has 0 aliphatic heterocycles. The quantitative estimate of drug-likeness (QED) is 0.510. The van der Waals surface area contributed by atoms with Gasteiger partial charge in [0.2, 0.25) is 0 Å². The zero-order chi connectivity index (χ0) is 4.41. The highest BCUT2D eigenvalue weighted by Crippen LogP contribution is 2.04. The molecule has 0 aliphatic rings. The third kappa shape index (κ3) is 0.693. The predicted molar refractivity (Wildman–Crippen MR) is 27.2 cm³/mol. The van der Waals surface area contributed by atoms with E-state index in [9.17, 15) is 0 Å². The molecule has 1 heterocycles. The van der Waals surface area contributed by atoms with E-state index in [1.165, 1.54) is 11.5 Å². The zero-order valence-corrected chi connectivity index (χ0v) is 4.54. The van der Waals surface area contributed by atoms with Crippen LogP contribution >= 0.6 is 24.2 Å². The number of hydrogen-bond donors (Lipinski definition) is 1. The maximum Gasteiger partial charge on any atom is 0.0980 e. The van der Waals surface area contributed by atoms with Crippen LogP contribution in [0.3, 0.4) is 0 Å². The van der Waals surface area contributed by atoms with Crippen molar-refractivity contribution in [2.75, 3.05) is 0 Å². The van der Waals surface area contributed by atoms with Crippen molar-refractivity contribution in [3.8, 4) is 0 Å². The van der Waals surface area contributed by atoms with Crippen LogP contribution in [0, 0.1) is 0 Å². The standard InChI is InChI=1S/C2H2N2S2/c5-2-1-3-4-6-2/h1,5H. The Kier molecular flexibility index (Phi) is 1.07. The number of rotatable bonds is 0. The summed E-state index contributed by atoms with van der Waals surface area (Å²) in [6.45, 7) is 0. The average molecular weight is 118 g/mol. The smallest absolute Gasteiger partial charge is 0.0980 e. The number of nitrogens with zero attached hydrogens (tertiary/aromatic N) is 2. The highest BCUT2D eigenvalue weighted by Gasteiger charge is 1.79. The normalized spacial score (nSPS) is 8.83. The molecule has 0 spiro atoms. The minimum atomic E-state index is 0.856. The van der Waals surface area contributed by atoms with Gasteiger partial charge in [0, 0.05) is 0 Å². The van der Waals surface area contributed by atoms with Gasteiger partial charge in [-0.15, -0.1) is 17.7 Å². The monoisotopic (exact) mass is 118 g/mol. The van der Waals surface area contributed by atoms with Gasteiger partial charge in [-0.25, -0.2) is 0 Å². The van der Waals surface area contributed by atoms with E-state index in [1.54, 1.807) is 6.20 Å². The SMILES string of the molecule is Sc1cnns1. The second-order valence-corrected chi connectivity index (χ2v) is 2.33. The molecular formula is C2H2N2S2. The topological polar surface area (TPSA) is 25.8 Å². The summed E-state index contributed by atoms with van der Waals surface area (Å²) >= 11 is 5.21. The highest BCUT2D eigenvalue weighted by molar-refractivity contribution is 7.82. The molecule has 6 heavy (non-hydrogen) atoms. The van der Waals surface area contributed by atoms with E-state index >= 15 is 0 Å². The molecular weight excluding hydrogens is 116 g/mol. The van der Waals surface area contributed by atoms with E-state index in [1.807, 2.05) is 0 Å². The number of aromatic nitrogens is 2. The van der Waals surface area contributed by atoms with E-state index in [-0.39, 0.29) is 0 Å². The molecule has 0 saturated carbocycles. The maximum atomic E-state index is 3.93. The fourth-order valence-electron chi connectivity index (χ4n) is 0.162. The summed E-state index contributed by atoms with van der Waals surface area (Å²) in [5, 5.41) is 3.51. The second kappa shape index (κ2) is 1.57. The minimum absolute atomic E-state index is 0.856. The summed E-state index contributed by atoms with van der Waals surface area (Å²) < 4.78 is 4.39. The van der Waals surface area contributed by atoms with E-state index in [4.69, 9.17) is 0 Å². The lowest BCUT2D eigenvalue weighted by Gasteiger charge is -1.59. The van der Waals surface area contributed by atoms with Crippen molar-refractivity contribution in [3.05, 3.63) is 6.20 Å². The third-order valence-corrected chi connectivity index (χ3v) is 1.18. The summed E-state index contributed by atoms with van der Waals surface area (Å²) in [7, 11) is 0. The first kappa shape index (κ1) is 4.08. The van der Waals surface area contributed by atoms with Gasteiger partial charge in [0.05, 0.1) is 10.4 Å². The summed E-state index contributed by atoms with van der Waals surface area (Å²) in [5.74, 6) is 0. The first-order chi connectivity index (χ1) is 2.89. The van der Waals surface area contributed by atoms with Gasteiger partial charge in [0.25, 0.3) is 0 Å². The van der Waals surface area contributed by atoms with Crippen LogP contribution in [0.15, 0.2) is 10.4 Å². The molecule has 0 atom stereocenters. The summed E-state index contributed by atoms with van der Waals surface area (Å²) in [6, 6.07) is 0. The van der Waals surface area contributed by atoms with Crippen molar-refractivity contribution in [1.82, 2.24) is 9.59 Å². The minimum Gasteiger partial charge on any atom is -0.145 e. The molecule has 1 aromatic heterocycles. The lowest BCUT2D eigenvalue weighted by atomic mass is 11.0. The van der Waals surface area contributed by atoms with Gasteiger partial charge in [0.15, 0.2) is 0 Å². The van der Waals surface area contributed by atoms with E-state index in [2.05, 4.69) is 22.2 Å². The largest absolute Gasteiger partial charge is 0.145 e. The summed E-state index contributed by atoms with van der Waals surface area (Å²) in [6.07, 6.45) is 1.60. The van der Waals surface area contributed by atoms with E-state index in [0.717, 1.165) is 4.21 Å². The van der Waals surface area contributed by atoms with Crippen molar-refractivity contribution >= 4 is 24.2 Å². The lowest BCUT2D eigenvalue weighted by Crippen LogP contribution is -1.51. The molecule has 0 bridgehead atoms. The van der Waals surface area contributed by atoms with Crippen LogP contribution in [-0.4, -0.2) is 9.59 Å². The van der Waals surface area contributed by atoms with Crippen molar-refractivity contribution in [2.45, 2.75) is 4.21 Å². The molecule has 0 N–H and O–H groups in total. The van der Waals surface area contributed by atoms with Gasteiger partial charge in [0.1, 0.15) is 0 Å². The lowest BCUT2D eigenvalue weighted by molar-refractivity contribution is 1.15. The van der Waals surface area contributed by atoms with Gasteiger partial charge < -0.3 is 0 Å². The van der Waals surface area contributed by atoms with Crippen LogP contribution in [0.5, 0.6) is 0 Å². The van der Waals surface area contributed by atoms with Gasteiger partial charge in [-0.05, 0) is 11.5 Å². The molecule has 0 fully saturated rings. The van der Waals surface area contributed by atoms with Crippen molar-refractivity contribution < 1.29 is 0 Å². The Balaban J connectivity index is 3.05. The molecule has 0 saturated heterocycles. The molecule has 0 unspecified atom stereocenters. The molecule has 2 nitrogen and oxygen atoms in total. The Bertz CT molecular complexity index is 113. The Morgan fingerprint density at radius 2 is 2.67 bits per heavy atom. The van der Waals surface area contributed by atoms with Crippen LogP contribution in [0.1, 0.15) is 0 Å². The third-order valence-electron chi connectivity index (χ3n) is 0.350. The Labute approximate surface area is 44.8 Å². The molecule has 1 aromatic rings. The molecule has 0 amide bonds. The second-order valence-electron chi connectivity index (χ2n) is 0.756. The van der Waals surface area contributed by atoms with Gasteiger partial charge in [-0.1, -0.05) is 4.49 Å². The van der Waals surface area contributed by atoms with Gasteiger partial charge in [-0.2, -0.15) is 0 Å². The van der Waals surface area contributed by atoms with E-state index < -0.39 is 0 Å². The van der Waals surface area contributed by atoms with Gasteiger partial charge >= 0.3 is 0 Å². The van der Waals surface area contributed by atoms with E-state index in [0.29, 0.717) is 0 Å². The average Bonchev–Trinajstić information content (AvgIpc) is 1.86. The molecule has 0 aliphatic carbocycles. The Morgan fingerprint density at radius 1 is 1.83 bits per heavy atom. The van der Waals surface area contributed by atoms with Crippen LogP contribution < -0.4 is 0 Å². The maximum absolute atomic E-state index is 3.93. The Hall–Kier alpha value is -0.0900. The molecule has 4 heteroatoms. The molecule has 0 radical (unpaired) electrons. The van der Waals surface area contributed by atoms with Crippen molar-refractivity contribution in [1.29, 1.82) is 0 Å². The summed E-state index contributed by atoms with van der Waals surface area (Å²) in [5.41, 5.74) is 0. The highest BCUT2D eigenvalue weighted by atomic mass is 32.2. The Morgan fingerprint density at radius 3 is 2.83 bits per heavy atom. The van der Waals surface area contributed by atoms with Crippen LogP contribution in [0.4, 0.5) is 0 Å². The molecule has 32 valence electrons. The number of hydrogen-bond acceptors (Lipinski definition) is 4. The molecule has 1 rings (SSSR count). The first-order valence-corrected chi connectivity index (χ1v) is 2.58. The molecule has 0 aromatic carbocycles. The van der Waals surface area contributed by atoms with Crippen LogP contribution in [-0.2, 0) is 0 Å². The predicted octanol–water partition coefficient (Wildman–Crippen LogP) is 0.827. The fraction of sp³-hybridized carbons (Fsp3) is 0. The van der Waals surface area contributed by atoms with Crippen molar-refractivity contribution in [3.63, 3.8) is 0 Å². The van der Waals surface area contributed by atoms with Crippen LogP contribution in [0.2, 0.25) is 0 Å². The number of thiol groups is 1. The van der Waals surface area contributed by atoms with Crippen LogP contribution in [0.25, 0.3) is 0 Å². The first-order valence-electron chi connectivity index (χ1n) is 1.36. The fourth-order valence-corrected chi connectivity index (χ4v) is 0.595. The van der Waals surface area contributed by atoms with Gasteiger partial charge in [-0.3, -0.25) is 0 Å².